The average Bonchev–Trinajstić information content (AvgIpc) is 2.93. The predicted octanol–water partition coefficient (Wildman–Crippen LogP) is 2.96. The Balaban J connectivity index is 1.96. The summed E-state index contributed by atoms with van der Waals surface area (Å²) in [6.07, 6.45) is 5.04. The van der Waals surface area contributed by atoms with Gasteiger partial charge in [0, 0.05) is 24.5 Å². The highest BCUT2D eigenvalue weighted by atomic mass is 35.5. The monoisotopic (exact) mass is 319 g/mol. The Morgan fingerprint density at radius 3 is 2.64 bits per heavy atom. The number of likely N-dealkylation sites (tertiary alicyclic amines) is 1. The Bertz CT molecular complexity index is 647. The first-order valence-corrected chi connectivity index (χ1v) is 8.07. The van der Waals surface area contributed by atoms with E-state index in [1.165, 1.54) is 0 Å². The van der Waals surface area contributed by atoms with E-state index in [-0.39, 0.29) is 0 Å². The SMILES string of the molecule is CN1CCC(c2cc(Cl)ccc2C(O)c2nccn2C)CC1. The maximum Gasteiger partial charge on any atom is 0.142 e. The highest BCUT2D eigenvalue weighted by molar-refractivity contribution is 6.30. The predicted molar refractivity (Wildman–Crippen MR) is 88.2 cm³/mol. The molecule has 0 amide bonds. The lowest BCUT2D eigenvalue weighted by Crippen LogP contribution is -2.29. The Morgan fingerprint density at radius 2 is 2.00 bits per heavy atom. The molecule has 1 fully saturated rings. The number of rotatable bonds is 3. The second-order valence-electron chi connectivity index (χ2n) is 6.15. The Hall–Kier alpha value is -1.36. The largest absolute Gasteiger partial charge is 0.380 e. The van der Waals surface area contributed by atoms with Crippen LogP contribution in [0, 0.1) is 0 Å². The number of piperidine rings is 1. The van der Waals surface area contributed by atoms with Crippen LogP contribution < -0.4 is 0 Å². The molecule has 1 unspecified atom stereocenters. The van der Waals surface area contributed by atoms with Crippen molar-refractivity contribution < 1.29 is 5.11 Å². The number of nitrogens with zero attached hydrogens (tertiary/aromatic N) is 3. The summed E-state index contributed by atoms with van der Waals surface area (Å²) in [5, 5.41) is 11.5. The molecule has 0 saturated carbocycles. The molecule has 4 nitrogen and oxygen atoms in total. The molecule has 1 aromatic carbocycles. The first-order valence-electron chi connectivity index (χ1n) is 7.69. The van der Waals surface area contributed by atoms with E-state index in [1.54, 1.807) is 6.20 Å². The lowest BCUT2D eigenvalue weighted by Gasteiger charge is -2.31. The summed E-state index contributed by atoms with van der Waals surface area (Å²) in [5.74, 6) is 1.11. The number of hydrogen-bond acceptors (Lipinski definition) is 3. The van der Waals surface area contributed by atoms with Crippen LogP contribution in [0.15, 0.2) is 30.6 Å². The van der Waals surface area contributed by atoms with Crippen LogP contribution in [0.3, 0.4) is 0 Å². The summed E-state index contributed by atoms with van der Waals surface area (Å²) in [6, 6.07) is 5.80. The second-order valence-corrected chi connectivity index (χ2v) is 6.59. The molecule has 1 atom stereocenters. The van der Waals surface area contributed by atoms with Gasteiger partial charge in [0.25, 0.3) is 0 Å². The first-order chi connectivity index (χ1) is 10.6. The third kappa shape index (κ3) is 3.05. The van der Waals surface area contributed by atoms with Crippen molar-refractivity contribution in [2.45, 2.75) is 24.9 Å². The lowest BCUT2D eigenvalue weighted by molar-refractivity contribution is 0.201. The molecule has 5 heteroatoms. The van der Waals surface area contributed by atoms with Gasteiger partial charge in [-0.15, -0.1) is 0 Å². The molecule has 1 saturated heterocycles. The van der Waals surface area contributed by atoms with Crippen LogP contribution in [-0.2, 0) is 7.05 Å². The summed E-state index contributed by atoms with van der Waals surface area (Å²) < 4.78 is 1.86. The molecule has 22 heavy (non-hydrogen) atoms. The van der Waals surface area contributed by atoms with Gasteiger partial charge < -0.3 is 14.6 Å². The fraction of sp³-hybridized carbons (Fsp3) is 0.471. The average molecular weight is 320 g/mol. The number of aliphatic hydroxyl groups is 1. The minimum atomic E-state index is -0.716. The highest BCUT2D eigenvalue weighted by Gasteiger charge is 2.25. The van der Waals surface area contributed by atoms with E-state index in [4.69, 9.17) is 11.6 Å². The molecule has 1 aliphatic heterocycles. The quantitative estimate of drug-likeness (QED) is 0.945. The van der Waals surface area contributed by atoms with Gasteiger partial charge in [0.1, 0.15) is 11.9 Å². The molecule has 1 N–H and O–H groups in total. The summed E-state index contributed by atoms with van der Waals surface area (Å²) in [4.78, 5) is 6.63. The van der Waals surface area contributed by atoms with E-state index in [2.05, 4.69) is 16.9 Å². The van der Waals surface area contributed by atoms with E-state index in [9.17, 15) is 5.11 Å². The standard InChI is InChI=1S/C17H22ClN3O/c1-20-8-5-12(6-9-20)15-11-13(18)3-4-14(15)16(22)17-19-7-10-21(17)2/h3-4,7,10-12,16,22H,5-6,8-9H2,1-2H3. The van der Waals surface area contributed by atoms with Crippen molar-refractivity contribution in [2.24, 2.45) is 7.05 Å². The summed E-state index contributed by atoms with van der Waals surface area (Å²) in [5.41, 5.74) is 2.09. The zero-order valence-electron chi connectivity index (χ0n) is 13.0. The minimum absolute atomic E-state index is 0.444. The number of hydrogen-bond donors (Lipinski definition) is 1. The summed E-state index contributed by atoms with van der Waals surface area (Å²) >= 11 is 6.21. The molecular weight excluding hydrogens is 298 g/mol. The fourth-order valence-electron chi connectivity index (χ4n) is 3.25. The minimum Gasteiger partial charge on any atom is -0.380 e. The molecule has 0 bridgehead atoms. The fourth-order valence-corrected chi connectivity index (χ4v) is 3.43. The Kier molecular flexibility index (Phi) is 4.52. The van der Waals surface area contributed by atoms with E-state index in [0.717, 1.165) is 42.1 Å². The van der Waals surface area contributed by atoms with Crippen LogP contribution in [0.4, 0.5) is 0 Å². The van der Waals surface area contributed by atoms with Crippen molar-refractivity contribution in [3.63, 3.8) is 0 Å². The second kappa shape index (κ2) is 6.41. The molecule has 2 heterocycles. The van der Waals surface area contributed by atoms with E-state index >= 15 is 0 Å². The number of aromatic nitrogens is 2. The smallest absolute Gasteiger partial charge is 0.142 e. The molecule has 0 spiro atoms. The van der Waals surface area contributed by atoms with Gasteiger partial charge in [0.15, 0.2) is 0 Å². The van der Waals surface area contributed by atoms with Crippen molar-refractivity contribution in [1.29, 1.82) is 0 Å². The van der Waals surface area contributed by atoms with Gasteiger partial charge in [-0.25, -0.2) is 4.98 Å². The lowest BCUT2D eigenvalue weighted by atomic mass is 9.85. The van der Waals surface area contributed by atoms with Gasteiger partial charge in [-0.1, -0.05) is 17.7 Å². The van der Waals surface area contributed by atoms with Crippen LogP contribution in [0.25, 0.3) is 0 Å². The van der Waals surface area contributed by atoms with Gasteiger partial charge in [0.2, 0.25) is 0 Å². The van der Waals surface area contributed by atoms with Gasteiger partial charge in [-0.2, -0.15) is 0 Å². The molecule has 1 aromatic heterocycles. The van der Waals surface area contributed by atoms with E-state index in [1.807, 2.05) is 36.0 Å². The van der Waals surface area contributed by atoms with Crippen LogP contribution in [0.1, 0.15) is 41.8 Å². The number of aliphatic hydroxyl groups excluding tert-OH is 1. The highest BCUT2D eigenvalue weighted by Crippen LogP contribution is 2.35. The van der Waals surface area contributed by atoms with Gasteiger partial charge >= 0.3 is 0 Å². The number of benzene rings is 1. The van der Waals surface area contributed by atoms with Crippen molar-refractivity contribution >= 4 is 11.6 Å². The number of imidazole rings is 1. The number of aryl methyl sites for hydroxylation is 1. The molecule has 1 aliphatic rings. The topological polar surface area (TPSA) is 41.3 Å². The maximum absolute atomic E-state index is 10.8. The third-order valence-electron chi connectivity index (χ3n) is 4.60. The zero-order valence-corrected chi connectivity index (χ0v) is 13.8. The van der Waals surface area contributed by atoms with Crippen molar-refractivity contribution in [3.05, 3.63) is 52.6 Å². The summed E-state index contributed by atoms with van der Waals surface area (Å²) in [6.45, 7) is 2.16. The van der Waals surface area contributed by atoms with Crippen LogP contribution in [0.2, 0.25) is 5.02 Å². The van der Waals surface area contributed by atoms with Crippen molar-refractivity contribution in [3.8, 4) is 0 Å². The van der Waals surface area contributed by atoms with Crippen molar-refractivity contribution in [2.75, 3.05) is 20.1 Å². The van der Waals surface area contributed by atoms with Crippen molar-refractivity contribution in [1.82, 2.24) is 14.5 Å². The molecule has 2 aromatic rings. The van der Waals surface area contributed by atoms with Crippen LogP contribution in [-0.4, -0.2) is 39.7 Å². The maximum atomic E-state index is 10.8. The molecule has 118 valence electrons. The number of halogens is 1. The normalized spacial score (nSPS) is 18.5. The Morgan fingerprint density at radius 1 is 1.27 bits per heavy atom. The van der Waals surface area contributed by atoms with Gasteiger partial charge in [-0.3, -0.25) is 0 Å². The molecule has 0 aliphatic carbocycles. The third-order valence-corrected chi connectivity index (χ3v) is 4.84. The molecule has 3 rings (SSSR count). The molecule has 0 radical (unpaired) electrons. The summed E-state index contributed by atoms with van der Waals surface area (Å²) in [7, 11) is 4.05. The van der Waals surface area contributed by atoms with Crippen LogP contribution >= 0.6 is 11.6 Å². The van der Waals surface area contributed by atoms with Crippen LogP contribution in [0.5, 0.6) is 0 Å². The van der Waals surface area contributed by atoms with E-state index in [0.29, 0.717) is 11.7 Å². The zero-order chi connectivity index (χ0) is 15.7. The first kappa shape index (κ1) is 15.5. The Labute approximate surface area is 136 Å². The van der Waals surface area contributed by atoms with Gasteiger partial charge in [-0.05, 0) is 62.2 Å². The van der Waals surface area contributed by atoms with Gasteiger partial charge in [0.05, 0.1) is 0 Å². The molecular formula is C17H22ClN3O. The van der Waals surface area contributed by atoms with E-state index < -0.39 is 6.10 Å².